The maximum Gasteiger partial charge on any atom is 0.163 e. The molecule has 3 aromatic carbocycles. The van der Waals surface area contributed by atoms with Crippen molar-refractivity contribution in [2.45, 2.75) is 20.1 Å². The second-order valence-electron chi connectivity index (χ2n) is 6.10. The van der Waals surface area contributed by atoms with E-state index in [1.54, 1.807) is 30.3 Å². The molecule has 0 aromatic heterocycles. The molecule has 3 aromatic rings. The monoisotopic (exact) mass is 403 g/mol. The average molecular weight is 404 g/mol. The fourth-order valence-corrected chi connectivity index (χ4v) is 2.82. The van der Waals surface area contributed by atoms with Crippen LogP contribution < -0.4 is 14.8 Å². The number of ether oxygens (including phenoxy) is 2. The molecule has 0 aliphatic carbocycles. The zero-order valence-corrected chi connectivity index (χ0v) is 16.1. The van der Waals surface area contributed by atoms with E-state index in [-0.39, 0.29) is 18.2 Å². The van der Waals surface area contributed by atoms with Gasteiger partial charge in [0.05, 0.1) is 6.61 Å². The van der Waals surface area contributed by atoms with Crippen LogP contribution >= 0.6 is 11.6 Å². The van der Waals surface area contributed by atoms with Crippen LogP contribution in [0.15, 0.2) is 60.7 Å². The molecule has 0 radical (unpaired) electrons. The van der Waals surface area contributed by atoms with Gasteiger partial charge >= 0.3 is 0 Å². The van der Waals surface area contributed by atoms with E-state index in [1.807, 2.05) is 13.0 Å². The molecule has 0 saturated carbocycles. The summed E-state index contributed by atoms with van der Waals surface area (Å²) in [6.07, 6.45) is 0. The van der Waals surface area contributed by atoms with Gasteiger partial charge in [-0.15, -0.1) is 0 Å². The molecule has 28 heavy (non-hydrogen) atoms. The summed E-state index contributed by atoms with van der Waals surface area (Å²) in [5.41, 5.74) is 2.44. The predicted molar refractivity (Wildman–Crippen MR) is 107 cm³/mol. The molecule has 0 unspecified atom stereocenters. The first kappa shape index (κ1) is 20.0. The second kappa shape index (κ2) is 9.42. The summed E-state index contributed by atoms with van der Waals surface area (Å²) in [6, 6.07) is 15.7. The van der Waals surface area contributed by atoms with Crippen LogP contribution in [-0.2, 0) is 13.2 Å². The van der Waals surface area contributed by atoms with E-state index >= 15 is 0 Å². The van der Waals surface area contributed by atoms with Crippen molar-refractivity contribution < 1.29 is 18.3 Å². The van der Waals surface area contributed by atoms with Crippen LogP contribution in [0.3, 0.4) is 0 Å². The quantitative estimate of drug-likeness (QED) is 0.485. The van der Waals surface area contributed by atoms with Gasteiger partial charge in [-0.05, 0) is 60.5 Å². The van der Waals surface area contributed by atoms with E-state index < -0.39 is 0 Å². The number of anilines is 1. The number of rotatable bonds is 8. The summed E-state index contributed by atoms with van der Waals surface area (Å²) in [7, 11) is 0. The highest BCUT2D eigenvalue weighted by Gasteiger charge is 2.12. The molecular weight excluding hydrogens is 384 g/mol. The summed E-state index contributed by atoms with van der Waals surface area (Å²) in [5.74, 6) is 0.510. The lowest BCUT2D eigenvalue weighted by atomic mass is 10.2. The van der Waals surface area contributed by atoms with E-state index in [0.717, 1.165) is 16.8 Å². The Kier molecular flexibility index (Phi) is 6.71. The first-order valence-corrected chi connectivity index (χ1v) is 9.25. The van der Waals surface area contributed by atoms with E-state index in [2.05, 4.69) is 5.32 Å². The van der Waals surface area contributed by atoms with Crippen LogP contribution in [0.25, 0.3) is 0 Å². The molecule has 0 aliphatic heterocycles. The molecule has 6 heteroatoms. The first-order chi connectivity index (χ1) is 13.5. The normalized spacial score (nSPS) is 10.6. The maximum atomic E-state index is 13.0. The van der Waals surface area contributed by atoms with Crippen LogP contribution in [0.5, 0.6) is 11.5 Å². The van der Waals surface area contributed by atoms with Gasteiger partial charge in [-0.25, -0.2) is 8.78 Å². The third-order valence-electron chi connectivity index (χ3n) is 4.05. The lowest BCUT2D eigenvalue weighted by Crippen LogP contribution is -2.04. The van der Waals surface area contributed by atoms with Gasteiger partial charge in [0.1, 0.15) is 18.2 Å². The summed E-state index contributed by atoms with van der Waals surface area (Å²) < 4.78 is 37.6. The van der Waals surface area contributed by atoms with Crippen molar-refractivity contribution in [3.8, 4) is 11.5 Å². The third kappa shape index (κ3) is 5.36. The Balaban J connectivity index is 1.72. The minimum atomic E-state index is -0.292. The highest BCUT2D eigenvalue weighted by atomic mass is 35.5. The summed E-state index contributed by atoms with van der Waals surface area (Å²) >= 11 is 6.41. The second-order valence-corrected chi connectivity index (χ2v) is 6.51. The lowest BCUT2D eigenvalue weighted by molar-refractivity contribution is 0.269. The number of hydrogen-bond acceptors (Lipinski definition) is 3. The van der Waals surface area contributed by atoms with Gasteiger partial charge in [-0.3, -0.25) is 0 Å². The third-order valence-corrected chi connectivity index (χ3v) is 4.40. The zero-order chi connectivity index (χ0) is 19.9. The van der Waals surface area contributed by atoms with Crippen LogP contribution in [0.2, 0.25) is 5.02 Å². The highest BCUT2D eigenvalue weighted by Crippen LogP contribution is 2.34. The van der Waals surface area contributed by atoms with Crippen molar-refractivity contribution in [3.05, 3.63) is 88.4 Å². The van der Waals surface area contributed by atoms with Crippen molar-refractivity contribution in [1.29, 1.82) is 0 Å². The number of benzene rings is 3. The lowest BCUT2D eigenvalue weighted by Gasteiger charge is -2.16. The van der Waals surface area contributed by atoms with Gasteiger partial charge in [-0.1, -0.05) is 23.7 Å². The largest absolute Gasteiger partial charge is 0.490 e. The Bertz CT molecular complexity index is 915. The van der Waals surface area contributed by atoms with Gasteiger partial charge in [0.15, 0.2) is 11.5 Å². The SMILES string of the molecule is CCOc1cc(CNc2ccc(F)cc2)c(Cl)cc1OCc1ccc(F)cc1. The molecule has 0 fully saturated rings. The molecule has 146 valence electrons. The summed E-state index contributed by atoms with van der Waals surface area (Å²) in [5, 5.41) is 3.72. The number of nitrogens with one attached hydrogen (secondary N) is 1. The smallest absolute Gasteiger partial charge is 0.163 e. The Morgan fingerprint density at radius 2 is 1.46 bits per heavy atom. The average Bonchev–Trinajstić information content (AvgIpc) is 2.69. The van der Waals surface area contributed by atoms with Crippen LogP contribution in [0, 0.1) is 11.6 Å². The minimum Gasteiger partial charge on any atom is -0.490 e. The van der Waals surface area contributed by atoms with E-state index in [9.17, 15) is 8.78 Å². The van der Waals surface area contributed by atoms with Gasteiger partial charge in [0, 0.05) is 23.3 Å². The number of halogens is 3. The first-order valence-electron chi connectivity index (χ1n) is 8.87. The fraction of sp³-hybridized carbons (Fsp3) is 0.182. The maximum absolute atomic E-state index is 13.0. The molecule has 0 amide bonds. The zero-order valence-electron chi connectivity index (χ0n) is 15.3. The standard InChI is InChI=1S/C22H20ClF2NO2/c1-2-27-21-11-16(13-26-19-9-7-18(25)8-10-19)20(23)12-22(21)28-14-15-3-5-17(24)6-4-15/h3-12,26H,2,13-14H2,1H3. The molecule has 0 bridgehead atoms. The molecule has 3 rings (SSSR count). The Hall–Kier alpha value is -2.79. The topological polar surface area (TPSA) is 30.5 Å². The predicted octanol–water partition coefficient (Wildman–Crippen LogP) is 6.21. The van der Waals surface area contributed by atoms with Crippen molar-refractivity contribution in [3.63, 3.8) is 0 Å². The Morgan fingerprint density at radius 1 is 0.857 bits per heavy atom. The highest BCUT2D eigenvalue weighted by molar-refractivity contribution is 6.31. The van der Waals surface area contributed by atoms with E-state index in [0.29, 0.717) is 29.7 Å². The van der Waals surface area contributed by atoms with Crippen LogP contribution in [-0.4, -0.2) is 6.61 Å². The molecule has 0 spiro atoms. The van der Waals surface area contributed by atoms with E-state index in [1.165, 1.54) is 24.3 Å². The van der Waals surface area contributed by atoms with Crippen LogP contribution in [0.1, 0.15) is 18.1 Å². The van der Waals surface area contributed by atoms with E-state index in [4.69, 9.17) is 21.1 Å². The van der Waals surface area contributed by atoms with Gasteiger partial charge in [0.25, 0.3) is 0 Å². The van der Waals surface area contributed by atoms with Crippen molar-refractivity contribution >= 4 is 17.3 Å². The Labute approximate surface area is 167 Å². The van der Waals surface area contributed by atoms with Crippen molar-refractivity contribution in [1.82, 2.24) is 0 Å². The molecule has 0 atom stereocenters. The molecule has 0 aliphatic rings. The molecule has 3 nitrogen and oxygen atoms in total. The molecule has 0 saturated heterocycles. The number of hydrogen-bond donors (Lipinski definition) is 1. The summed E-state index contributed by atoms with van der Waals surface area (Å²) in [6.45, 7) is 3.07. The molecule has 1 N–H and O–H groups in total. The van der Waals surface area contributed by atoms with Crippen molar-refractivity contribution in [2.75, 3.05) is 11.9 Å². The van der Waals surface area contributed by atoms with Gasteiger partial charge in [0.2, 0.25) is 0 Å². The van der Waals surface area contributed by atoms with Crippen LogP contribution in [0.4, 0.5) is 14.5 Å². The molecule has 0 heterocycles. The molecular formula is C22H20ClF2NO2. The Morgan fingerprint density at radius 3 is 2.11 bits per heavy atom. The fourth-order valence-electron chi connectivity index (χ4n) is 2.60. The van der Waals surface area contributed by atoms with Gasteiger partial charge in [-0.2, -0.15) is 0 Å². The van der Waals surface area contributed by atoms with Crippen molar-refractivity contribution in [2.24, 2.45) is 0 Å². The van der Waals surface area contributed by atoms with Gasteiger partial charge < -0.3 is 14.8 Å². The summed E-state index contributed by atoms with van der Waals surface area (Å²) in [4.78, 5) is 0. The minimum absolute atomic E-state index is 0.268.